The predicted molar refractivity (Wildman–Crippen MR) is 246 cm³/mol. The third kappa shape index (κ3) is 6.22. The van der Waals surface area contributed by atoms with Crippen molar-refractivity contribution in [2.24, 2.45) is 0 Å². The largest absolute Gasteiger partial charge is 0.309 e. The molecule has 1 aliphatic carbocycles. The second kappa shape index (κ2) is 14.7. The minimum Gasteiger partial charge on any atom is -0.309 e. The molecule has 0 heterocycles. The molecule has 0 saturated heterocycles. The molecule has 0 atom stereocenters. The first-order valence-corrected chi connectivity index (χ1v) is 20.2. The van der Waals surface area contributed by atoms with E-state index in [4.69, 9.17) is 0 Å². The van der Waals surface area contributed by atoms with Gasteiger partial charge < -0.3 is 4.90 Å². The highest BCUT2D eigenvalue weighted by molar-refractivity contribution is 6.00. The quantitative estimate of drug-likeness (QED) is 0.150. The van der Waals surface area contributed by atoms with Gasteiger partial charge >= 0.3 is 0 Å². The van der Waals surface area contributed by atoms with Crippen LogP contribution < -0.4 is 4.90 Å². The van der Waals surface area contributed by atoms with Gasteiger partial charge in [-0.2, -0.15) is 0 Å². The summed E-state index contributed by atoms with van der Waals surface area (Å²) in [5, 5.41) is 0. The third-order valence-corrected chi connectivity index (χ3v) is 11.9. The summed E-state index contributed by atoms with van der Waals surface area (Å²) in [6, 6.07) is 81.8. The van der Waals surface area contributed by atoms with E-state index in [1.807, 2.05) is 0 Å². The molecule has 0 saturated carbocycles. The van der Waals surface area contributed by atoms with Crippen LogP contribution in [0.5, 0.6) is 0 Å². The molecule has 1 heteroatoms. The van der Waals surface area contributed by atoms with E-state index in [2.05, 4.69) is 243 Å². The molecule has 0 amide bonds. The van der Waals surface area contributed by atoms with Gasteiger partial charge in [-0.3, -0.25) is 0 Å². The highest BCUT2D eigenvalue weighted by atomic mass is 15.1. The first-order valence-electron chi connectivity index (χ1n) is 20.2. The smallest absolute Gasteiger partial charge is 0.0546 e. The summed E-state index contributed by atoms with van der Waals surface area (Å²) in [5.41, 5.74) is 20.6. The molecule has 0 aliphatic heterocycles. The van der Waals surface area contributed by atoms with E-state index in [0.29, 0.717) is 0 Å². The number of nitrogens with zero attached hydrogens (tertiary/aromatic N) is 1. The van der Waals surface area contributed by atoms with E-state index in [0.717, 1.165) is 17.1 Å². The molecule has 0 bridgehead atoms. The van der Waals surface area contributed by atoms with Crippen molar-refractivity contribution in [1.82, 2.24) is 0 Å². The van der Waals surface area contributed by atoms with Gasteiger partial charge in [-0.15, -0.1) is 0 Å². The monoisotopic (exact) mass is 741 g/mol. The van der Waals surface area contributed by atoms with Crippen LogP contribution in [-0.2, 0) is 5.41 Å². The molecule has 9 aromatic rings. The lowest BCUT2D eigenvalue weighted by Gasteiger charge is -2.31. The topological polar surface area (TPSA) is 3.24 Å². The first-order chi connectivity index (χ1) is 28.5. The minimum atomic E-state index is -0.0530. The highest BCUT2D eigenvalue weighted by Crippen LogP contribution is 2.52. The zero-order chi connectivity index (χ0) is 39.1. The summed E-state index contributed by atoms with van der Waals surface area (Å²) in [4.78, 5) is 2.46. The van der Waals surface area contributed by atoms with Crippen LogP contribution in [0.15, 0.2) is 224 Å². The minimum absolute atomic E-state index is 0.0530. The van der Waals surface area contributed by atoms with Crippen molar-refractivity contribution in [3.05, 3.63) is 236 Å². The fourth-order valence-corrected chi connectivity index (χ4v) is 8.99. The summed E-state index contributed by atoms with van der Waals surface area (Å²) >= 11 is 0. The second-order valence-corrected chi connectivity index (χ2v) is 15.7. The lowest BCUT2D eigenvalue weighted by Crippen LogP contribution is -2.14. The Morgan fingerprint density at radius 2 is 0.741 bits per heavy atom. The van der Waals surface area contributed by atoms with Gasteiger partial charge in [-0.05, 0) is 97.1 Å². The van der Waals surface area contributed by atoms with Crippen LogP contribution in [0.25, 0.3) is 66.8 Å². The zero-order valence-electron chi connectivity index (χ0n) is 32.8. The average Bonchev–Trinajstić information content (AvgIpc) is 3.53. The Bertz CT molecular complexity index is 2870. The van der Waals surface area contributed by atoms with E-state index >= 15 is 0 Å². The number of anilines is 3. The lowest BCUT2D eigenvalue weighted by atomic mass is 9.82. The Labute approximate surface area is 342 Å². The number of rotatable bonds is 8. The van der Waals surface area contributed by atoms with Gasteiger partial charge in [-0.1, -0.05) is 208 Å². The van der Waals surface area contributed by atoms with E-state index in [-0.39, 0.29) is 5.41 Å². The van der Waals surface area contributed by atoms with Crippen molar-refractivity contribution in [1.29, 1.82) is 0 Å². The van der Waals surface area contributed by atoms with E-state index in [1.54, 1.807) is 0 Å². The molecule has 1 aliphatic rings. The Morgan fingerprint density at radius 3 is 1.40 bits per heavy atom. The Morgan fingerprint density at radius 1 is 0.293 bits per heavy atom. The number of fused-ring (bicyclic) bond motifs is 3. The van der Waals surface area contributed by atoms with Crippen molar-refractivity contribution in [3.8, 4) is 66.8 Å². The molecule has 0 N–H and O–H groups in total. The van der Waals surface area contributed by atoms with Gasteiger partial charge in [0.1, 0.15) is 0 Å². The summed E-state index contributed by atoms with van der Waals surface area (Å²) in [6.07, 6.45) is 0. The standard InChI is InChI=1S/C57H43N/c1-57(2)52-26-14-12-24-50(52)51-39-46(35-38-53(51)57)49-25-16-28-55(56(49)45-21-10-5-11-22-45)58(54-27-15-13-23-48(54)44-19-8-4-9-20-44)47-36-33-43(34-37-47)42-31-29-41(30-32-42)40-17-6-3-7-18-40/h3-39H,1-2H3. The van der Waals surface area contributed by atoms with Crippen LogP contribution in [0.4, 0.5) is 17.1 Å². The van der Waals surface area contributed by atoms with E-state index in [1.165, 1.54) is 77.9 Å². The summed E-state index contributed by atoms with van der Waals surface area (Å²) in [5.74, 6) is 0. The average molecular weight is 742 g/mol. The van der Waals surface area contributed by atoms with Crippen LogP contribution in [-0.4, -0.2) is 0 Å². The maximum absolute atomic E-state index is 2.46. The van der Waals surface area contributed by atoms with Crippen molar-refractivity contribution >= 4 is 17.1 Å². The van der Waals surface area contributed by atoms with Crippen LogP contribution in [0.3, 0.4) is 0 Å². The molecule has 10 rings (SSSR count). The fourth-order valence-electron chi connectivity index (χ4n) is 8.99. The van der Waals surface area contributed by atoms with Gasteiger partial charge in [0, 0.05) is 22.2 Å². The van der Waals surface area contributed by atoms with Gasteiger partial charge in [0.25, 0.3) is 0 Å². The maximum Gasteiger partial charge on any atom is 0.0546 e. The first kappa shape index (κ1) is 35.2. The molecule has 58 heavy (non-hydrogen) atoms. The second-order valence-electron chi connectivity index (χ2n) is 15.7. The molecule has 1 nitrogen and oxygen atoms in total. The molecule has 0 fully saturated rings. The summed E-state index contributed by atoms with van der Waals surface area (Å²) in [6.45, 7) is 4.70. The predicted octanol–water partition coefficient (Wildman–Crippen LogP) is 15.8. The third-order valence-electron chi connectivity index (χ3n) is 11.9. The van der Waals surface area contributed by atoms with E-state index in [9.17, 15) is 0 Å². The lowest BCUT2D eigenvalue weighted by molar-refractivity contribution is 0.660. The summed E-state index contributed by atoms with van der Waals surface area (Å²) < 4.78 is 0. The van der Waals surface area contributed by atoms with Crippen LogP contribution in [0, 0.1) is 0 Å². The molecule has 0 aromatic heterocycles. The number of hydrogen-bond donors (Lipinski definition) is 0. The molecule has 0 radical (unpaired) electrons. The van der Waals surface area contributed by atoms with Crippen LogP contribution >= 0.6 is 0 Å². The van der Waals surface area contributed by atoms with Crippen molar-refractivity contribution < 1.29 is 0 Å². The Hall–Kier alpha value is -7.22. The number of para-hydroxylation sites is 1. The SMILES string of the molecule is CC1(C)c2ccccc2-c2cc(-c3cccc(N(c4ccc(-c5ccc(-c6ccccc6)cc5)cc4)c4ccccc4-c4ccccc4)c3-c3ccccc3)ccc21. The summed E-state index contributed by atoms with van der Waals surface area (Å²) in [7, 11) is 0. The van der Waals surface area contributed by atoms with Crippen LogP contribution in [0.1, 0.15) is 25.0 Å². The highest BCUT2D eigenvalue weighted by Gasteiger charge is 2.35. The van der Waals surface area contributed by atoms with Gasteiger partial charge in [0.2, 0.25) is 0 Å². The van der Waals surface area contributed by atoms with Crippen molar-refractivity contribution in [2.45, 2.75) is 19.3 Å². The molecule has 9 aromatic carbocycles. The normalized spacial score (nSPS) is 12.4. The van der Waals surface area contributed by atoms with Crippen molar-refractivity contribution in [2.75, 3.05) is 4.90 Å². The van der Waals surface area contributed by atoms with E-state index < -0.39 is 0 Å². The molecule has 0 spiro atoms. The Kier molecular flexibility index (Phi) is 8.92. The van der Waals surface area contributed by atoms with Gasteiger partial charge in [-0.25, -0.2) is 0 Å². The Balaban J connectivity index is 1.16. The fraction of sp³-hybridized carbons (Fsp3) is 0.0526. The van der Waals surface area contributed by atoms with Gasteiger partial charge in [0.05, 0.1) is 11.4 Å². The van der Waals surface area contributed by atoms with Gasteiger partial charge in [0.15, 0.2) is 0 Å². The molecular weight excluding hydrogens is 699 g/mol. The number of benzene rings is 9. The molecular formula is C57H43N. The van der Waals surface area contributed by atoms with Crippen molar-refractivity contribution in [3.63, 3.8) is 0 Å². The molecule has 276 valence electrons. The zero-order valence-corrected chi connectivity index (χ0v) is 32.8. The maximum atomic E-state index is 2.46. The number of hydrogen-bond acceptors (Lipinski definition) is 1. The van der Waals surface area contributed by atoms with Crippen LogP contribution in [0.2, 0.25) is 0 Å². The molecule has 0 unspecified atom stereocenters.